The van der Waals surface area contributed by atoms with Gasteiger partial charge in [0.25, 0.3) is 0 Å². The molecule has 122 valence electrons. The maximum absolute atomic E-state index is 11.3. The van der Waals surface area contributed by atoms with Crippen LogP contribution in [0.25, 0.3) is 0 Å². The number of anilines is 1. The molecule has 22 heavy (non-hydrogen) atoms. The molecule has 1 heterocycles. The van der Waals surface area contributed by atoms with Gasteiger partial charge in [0.2, 0.25) is 5.91 Å². The van der Waals surface area contributed by atoms with Gasteiger partial charge in [-0.05, 0) is 24.7 Å². The summed E-state index contributed by atoms with van der Waals surface area (Å²) in [6.45, 7) is 6.47. The highest BCUT2D eigenvalue weighted by molar-refractivity contribution is 5.72. The number of nitrogens with one attached hydrogen (secondary N) is 1. The van der Waals surface area contributed by atoms with Crippen molar-refractivity contribution < 1.29 is 4.79 Å². The number of nitrogens with zero attached hydrogens (tertiary/aromatic N) is 3. The fourth-order valence-electron chi connectivity index (χ4n) is 2.83. The lowest BCUT2D eigenvalue weighted by Gasteiger charge is -2.38. The van der Waals surface area contributed by atoms with Gasteiger partial charge in [-0.3, -0.25) is 9.69 Å². The van der Waals surface area contributed by atoms with Crippen molar-refractivity contribution in [3.8, 4) is 0 Å². The van der Waals surface area contributed by atoms with Crippen molar-refractivity contribution in [3.63, 3.8) is 0 Å². The Hall–Kier alpha value is -1.59. The minimum atomic E-state index is 0.0315. The van der Waals surface area contributed by atoms with Crippen LogP contribution < -0.4 is 10.2 Å². The molecule has 5 nitrogen and oxygen atoms in total. The number of amides is 1. The van der Waals surface area contributed by atoms with Crippen molar-refractivity contribution in [2.45, 2.75) is 13.0 Å². The average molecular weight is 304 g/mol. The third-order valence-corrected chi connectivity index (χ3v) is 4.32. The van der Waals surface area contributed by atoms with Crippen LogP contribution in [-0.2, 0) is 4.79 Å². The number of piperazine rings is 1. The van der Waals surface area contributed by atoms with Gasteiger partial charge in [-0.1, -0.05) is 12.1 Å². The van der Waals surface area contributed by atoms with E-state index in [2.05, 4.69) is 51.3 Å². The van der Waals surface area contributed by atoms with Gasteiger partial charge in [0.15, 0.2) is 0 Å². The second kappa shape index (κ2) is 7.61. The van der Waals surface area contributed by atoms with Crippen LogP contribution in [0.3, 0.4) is 0 Å². The summed E-state index contributed by atoms with van der Waals surface area (Å²) in [7, 11) is 6.25. The smallest absolute Gasteiger partial charge is 0.216 e. The largest absolute Gasteiger partial charge is 0.378 e. The summed E-state index contributed by atoms with van der Waals surface area (Å²) in [4.78, 5) is 18.2. The van der Waals surface area contributed by atoms with Crippen LogP contribution in [0.1, 0.15) is 18.5 Å². The molecule has 0 saturated carbocycles. The summed E-state index contributed by atoms with van der Waals surface area (Å²) in [5.74, 6) is 0.0315. The molecule has 0 aliphatic carbocycles. The Morgan fingerprint density at radius 1 is 1.18 bits per heavy atom. The number of carbonyl (C=O) groups excluding carboxylic acids is 1. The van der Waals surface area contributed by atoms with Crippen molar-refractivity contribution in [2.75, 3.05) is 58.8 Å². The van der Waals surface area contributed by atoms with E-state index < -0.39 is 0 Å². The van der Waals surface area contributed by atoms with Crippen LogP contribution in [-0.4, -0.2) is 69.6 Å². The Labute approximate surface area is 133 Å². The maximum Gasteiger partial charge on any atom is 0.216 e. The van der Waals surface area contributed by atoms with Crippen molar-refractivity contribution in [3.05, 3.63) is 29.8 Å². The third kappa shape index (κ3) is 4.45. The minimum Gasteiger partial charge on any atom is -0.378 e. The fourth-order valence-corrected chi connectivity index (χ4v) is 2.83. The van der Waals surface area contributed by atoms with E-state index in [4.69, 9.17) is 0 Å². The molecule has 0 aromatic heterocycles. The lowest BCUT2D eigenvalue weighted by atomic mass is 10.0. The lowest BCUT2D eigenvalue weighted by Crippen LogP contribution is -2.48. The van der Waals surface area contributed by atoms with Crippen LogP contribution in [0.5, 0.6) is 0 Å². The van der Waals surface area contributed by atoms with Gasteiger partial charge >= 0.3 is 0 Å². The molecule has 0 bridgehead atoms. The van der Waals surface area contributed by atoms with Crippen molar-refractivity contribution >= 4 is 11.6 Å². The second-order valence-corrected chi connectivity index (χ2v) is 6.28. The van der Waals surface area contributed by atoms with Gasteiger partial charge in [0, 0.05) is 59.4 Å². The van der Waals surface area contributed by atoms with E-state index in [1.165, 1.54) is 11.3 Å². The Balaban J connectivity index is 2.13. The van der Waals surface area contributed by atoms with Crippen LogP contribution in [0, 0.1) is 0 Å². The van der Waals surface area contributed by atoms with Gasteiger partial charge < -0.3 is 15.1 Å². The zero-order chi connectivity index (χ0) is 16.1. The molecule has 2 rings (SSSR count). The minimum absolute atomic E-state index is 0.0315. The predicted octanol–water partition coefficient (Wildman–Crippen LogP) is 1.18. The van der Waals surface area contributed by atoms with Crippen LogP contribution in [0.15, 0.2) is 24.3 Å². The Kier molecular flexibility index (Phi) is 5.80. The summed E-state index contributed by atoms with van der Waals surface area (Å²) < 4.78 is 0. The van der Waals surface area contributed by atoms with E-state index in [1.54, 1.807) is 6.92 Å². The SMILES string of the molecule is CC(=O)NCC(c1ccc(N(C)C)cc1)N1CCN(C)CC1. The molecule has 1 atom stereocenters. The zero-order valence-electron chi connectivity index (χ0n) is 14.2. The first-order chi connectivity index (χ1) is 10.5. The van der Waals surface area contributed by atoms with Gasteiger partial charge in [-0.15, -0.1) is 0 Å². The van der Waals surface area contributed by atoms with Gasteiger partial charge in [-0.2, -0.15) is 0 Å². The predicted molar refractivity (Wildman–Crippen MR) is 91.3 cm³/mol. The second-order valence-electron chi connectivity index (χ2n) is 6.28. The number of carbonyl (C=O) groups is 1. The third-order valence-electron chi connectivity index (χ3n) is 4.32. The molecule has 1 saturated heterocycles. The van der Waals surface area contributed by atoms with Crippen LogP contribution in [0.2, 0.25) is 0 Å². The average Bonchev–Trinajstić information content (AvgIpc) is 2.49. The Morgan fingerprint density at radius 2 is 1.77 bits per heavy atom. The van der Waals surface area contributed by atoms with Gasteiger partial charge in [-0.25, -0.2) is 0 Å². The molecule has 1 aliphatic heterocycles. The molecular weight excluding hydrogens is 276 g/mol. The standard InChI is InChI=1S/C17H28N4O/c1-14(22)18-13-17(21-11-9-20(4)10-12-21)15-5-7-16(8-6-15)19(2)3/h5-8,17H,9-13H2,1-4H3,(H,18,22). The number of likely N-dealkylation sites (N-methyl/N-ethyl adjacent to an activating group) is 1. The molecule has 1 unspecified atom stereocenters. The highest BCUT2D eigenvalue weighted by Crippen LogP contribution is 2.24. The summed E-state index contributed by atoms with van der Waals surface area (Å²) in [6.07, 6.45) is 0. The summed E-state index contributed by atoms with van der Waals surface area (Å²) >= 11 is 0. The molecule has 1 aromatic carbocycles. The van der Waals surface area contributed by atoms with Crippen molar-refractivity contribution in [2.24, 2.45) is 0 Å². The molecule has 1 N–H and O–H groups in total. The normalized spacial score (nSPS) is 18.0. The molecule has 1 fully saturated rings. The highest BCUT2D eigenvalue weighted by atomic mass is 16.1. The van der Waals surface area contributed by atoms with Crippen molar-refractivity contribution in [1.82, 2.24) is 15.1 Å². The topological polar surface area (TPSA) is 38.8 Å². The molecule has 5 heteroatoms. The molecule has 1 aromatic rings. The first-order valence-electron chi connectivity index (χ1n) is 7.91. The van der Waals surface area contributed by atoms with Gasteiger partial charge in [0.1, 0.15) is 0 Å². The quantitative estimate of drug-likeness (QED) is 0.886. The van der Waals surface area contributed by atoms with Crippen molar-refractivity contribution in [1.29, 1.82) is 0 Å². The van der Waals surface area contributed by atoms with Crippen LogP contribution >= 0.6 is 0 Å². The number of benzene rings is 1. The maximum atomic E-state index is 11.3. The van der Waals surface area contributed by atoms with E-state index in [0.29, 0.717) is 6.54 Å². The first-order valence-corrected chi connectivity index (χ1v) is 7.91. The van der Waals surface area contributed by atoms with E-state index in [0.717, 1.165) is 26.2 Å². The zero-order valence-corrected chi connectivity index (χ0v) is 14.2. The van der Waals surface area contributed by atoms with Crippen LogP contribution in [0.4, 0.5) is 5.69 Å². The monoisotopic (exact) mass is 304 g/mol. The number of hydrogen-bond acceptors (Lipinski definition) is 4. The molecule has 0 spiro atoms. The summed E-state index contributed by atoms with van der Waals surface area (Å²) in [5, 5.41) is 2.99. The molecular formula is C17H28N4O. The number of rotatable bonds is 5. The summed E-state index contributed by atoms with van der Waals surface area (Å²) in [6, 6.07) is 8.90. The van der Waals surface area contributed by atoms with E-state index in [9.17, 15) is 4.79 Å². The molecule has 1 aliphatic rings. The van der Waals surface area contributed by atoms with E-state index in [-0.39, 0.29) is 11.9 Å². The van der Waals surface area contributed by atoms with E-state index in [1.807, 2.05) is 14.1 Å². The Bertz CT molecular complexity index is 478. The summed E-state index contributed by atoms with van der Waals surface area (Å²) in [5.41, 5.74) is 2.46. The first kappa shape index (κ1) is 16.8. The molecule has 0 radical (unpaired) electrons. The van der Waals surface area contributed by atoms with Gasteiger partial charge in [0.05, 0.1) is 6.04 Å². The van der Waals surface area contributed by atoms with E-state index >= 15 is 0 Å². The molecule has 1 amide bonds. The Morgan fingerprint density at radius 3 is 2.27 bits per heavy atom. The lowest BCUT2D eigenvalue weighted by molar-refractivity contribution is -0.119. The highest BCUT2D eigenvalue weighted by Gasteiger charge is 2.24. The fraction of sp³-hybridized carbons (Fsp3) is 0.588. The number of hydrogen-bond donors (Lipinski definition) is 1.